The number of rotatable bonds is 8. The zero-order chi connectivity index (χ0) is 23.5. The number of thiazole rings is 1. The molecule has 0 saturated carbocycles. The molecular formula is C22H20N4O6S. The fraction of sp³-hybridized carbons (Fsp3) is 0.182. The van der Waals surface area contributed by atoms with Gasteiger partial charge in [0.2, 0.25) is 5.91 Å². The van der Waals surface area contributed by atoms with Crippen molar-refractivity contribution in [2.75, 3.05) is 26.6 Å². The summed E-state index contributed by atoms with van der Waals surface area (Å²) in [7, 11) is 4.53. The van der Waals surface area contributed by atoms with E-state index in [-0.39, 0.29) is 23.8 Å². The highest BCUT2D eigenvalue weighted by atomic mass is 32.1. The van der Waals surface area contributed by atoms with Crippen molar-refractivity contribution in [3.63, 3.8) is 0 Å². The Kier molecular flexibility index (Phi) is 6.13. The van der Waals surface area contributed by atoms with Crippen LogP contribution in [0.5, 0.6) is 17.2 Å². The molecule has 1 N–H and O–H groups in total. The lowest BCUT2D eigenvalue weighted by molar-refractivity contribution is -0.385. The lowest BCUT2D eigenvalue weighted by atomic mass is 10.1. The van der Waals surface area contributed by atoms with Crippen LogP contribution in [0.25, 0.3) is 16.2 Å². The fourth-order valence-electron chi connectivity index (χ4n) is 3.38. The molecule has 0 spiro atoms. The normalized spacial score (nSPS) is 10.8. The molecule has 0 atom stereocenters. The van der Waals surface area contributed by atoms with E-state index >= 15 is 0 Å². The maximum Gasteiger partial charge on any atom is 0.312 e. The van der Waals surface area contributed by atoms with Gasteiger partial charge in [-0.15, -0.1) is 11.3 Å². The average Bonchev–Trinajstić information content (AvgIpc) is 3.40. The van der Waals surface area contributed by atoms with Crippen molar-refractivity contribution in [1.82, 2.24) is 9.38 Å². The summed E-state index contributed by atoms with van der Waals surface area (Å²) in [6, 6.07) is 9.72. The summed E-state index contributed by atoms with van der Waals surface area (Å²) in [5.74, 6) is 1.14. The van der Waals surface area contributed by atoms with Crippen molar-refractivity contribution in [2.45, 2.75) is 6.42 Å². The number of ether oxygens (including phenoxy) is 3. The quantitative estimate of drug-likeness (QED) is 0.304. The second-order valence-electron chi connectivity index (χ2n) is 6.94. The molecule has 2 aromatic heterocycles. The van der Waals surface area contributed by atoms with Crippen LogP contribution in [0, 0.1) is 10.1 Å². The van der Waals surface area contributed by atoms with Crippen molar-refractivity contribution >= 4 is 33.6 Å². The van der Waals surface area contributed by atoms with Crippen LogP contribution < -0.4 is 19.5 Å². The number of nitro groups is 1. The van der Waals surface area contributed by atoms with E-state index in [1.165, 1.54) is 30.6 Å². The van der Waals surface area contributed by atoms with Crippen LogP contribution in [0.15, 0.2) is 48.0 Å². The van der Waals surface area contributed by atoms with Gasteiger partial charge in [-0.3, -0.25) is 19.3 Å². The molecule has 0 saturated heterocycles. The van der Waals surface area contributed by atoms with Gasteiger partial charge in [0.1, 0.15) is 11.5 Å². The molecule has 0 unspecified atom stereocenters. The number of anilines is 1. The lowest BCUT2D eigenvalue weighted by Crippen LogP contribution is -2.15. The summed E-state index contributed by atoms with van der Waals surface area (Å²) in [5.41, 5.74) is 2.28. The highest BCUT2D eigenvalue weighted by Crippen LogP contribution is 2.34. The maximum atomic E-state index is 12.6. The number of fused-ring (bicyclic) bond motifs is 1. The summed E-state index contributed by atoms with van der Waals surface area (Å²) < 4.78 is 17.6. The fourth-order valence-corrected chi connectivity index (χ4v) is 4.25. The number of methoxy groups -OCH3 is 3. The van der Waals surface area contributed by atoms with Gasteiger partial charge >= 0.3 is 5.69 Å². The first-order chi connectivity index (χ1) is 15.9. The van der Waals surface area contributed by atoms with Crippen molar-refractivity contribution < 1.29 is 23.9 Å². The maximum absolute atomic E-state index is 12.6. The average molecular weight is 468 g/mol. The molecule has 10 nitrogen and oxygen atoms in total. The second kappa shape index (κ2) is 9.17. The number of hydrogen-bond acceptors (Lipinski definition) is 8. The molecule has 4 rings (SSSR count). The smallest absolute Gasteiger partial charge is 0.312 e. The summed E-state index contributed by atoms with van der Waals surface area (Å²) in [6.45, 7) is 0. The Morgan fingerprint density at radius 3 is 2.58 bits per heavy atom. The third-order valence-corrected chi connectivity index (χ3v) is 5.86. The number of carbonyl (C=O) groups is 1. The van der Waals surface area contributed by atoms with Crippen LogP contribution in [-0.4, -0.2) is 41.5 Å². The Bertz CT molecular complexity index is 1350. The largest absolute Gasteiger partial charge is 0.497 e. The molecule has 0 aliphatic heterocycles. The minimum absolute atomic E-state index is 0.0604. The van der Waals surface area contributed by atoms with E-state index in [9.17, 15) is 14.9 Å². The van der Waals surface area contributed by atoms with Crippen molar-refractivity contribution in [3.8, 4) is 28.5 Å². The zero-order valence-corrected chi connectivity index (χ0v) is 18.8. The van der Waals surface area contributed by atoms with Gasteiger partial charge in [-0.1, -0.05) is 0 Å². The van der Waals surface area contributed by atoms with Crippen molar-refractivity contribution in [1.29, 1.82) is 0 Å². The van der Waals surface area contributed by atoms with Crippen LogP contribution in [0.2, 0.25) is 0 Å². The Morgan fingerprint density at radius 2 is 1.88 bits per heavy atom. The highest BCUT2D eigenvalue weighted by Gasteiger charge is 2.18. The van der Waals surface area contributed by atoms with Gasteiger partial charge < -0.3 is 19.5 Å². The standard InChI is InChI=1S/C22H20N4O6S/c1-30-15-5-7-19(31-2)16(10-15)17-11-25-14(12-33-22(25)24-17)9-21(27)23-13-4-6-20(32-3)18(8-13)26(28)29/h4-8,10-12H,9H2,1-3H3,(H,23,27). The van der Waals surface area contributed by atoms with Gasteiger partial charge in [-0.05, 0) is 30.3 Å². The minimum atomic E-state index is -0.559. The van der Waals surface area contributed by atoms with E-state index in [0.717, 1.165) is 16.2 Å². The van der Waals surface area contributed by atoms with Gasteiger partial charge in [0.25, 0.3) is 0 Å². The van der Waals surface area contributed by atoms with Gasteiger partial charge in [-0.2, -0.15) is 0 Å². The topological polar surface area (TPSA) is 117 Å². The lowest BCUT2D eigenvalue weighted by Gasteiger charge is -2.08. The number of carbonyl (C=O) groups excluding carboxylic acids is 1. The predicted molar refractivity (Wildman–Crippen MR) is 124 cm³/mol. The van der Waals surface area contributed by atoms with Gasteiger partial charge in [0.05, 0.1) is 38.4 Å². The Morgan fingerprint density at radius 1 is 1.12 bits per heavy atom. The number of aromatic nitrogens is 2. The molecule has 0 aliphatic carbocycles. The van der Waals surface area contributed by atoms with E-state index in [2.05, 4.69) is 10.3 Å². The summed E-state index contributed by atoms with van der Waals surface area (Å²) >= 11 is 1.41. The van der Waals surface area contributed by atoms with E-state index in [1.807, 2.05) is 28.1 Å². The van der Waals surface area contributed by atoms with Crippen LogP contribution in [0.1, 0.15) is 5.69 Å². The van der Waals surface area contributed by atoms with E-state index in [0.29, 0.717) is 22.9 Å². The van der Waals surface area contributed by atoms with E-state index in [4.69, 9.17) is 14.2 Å². The zero-order valence-electron chi connectivity index (χ0n) is 18.0. The number of nitrogens with zero attached hydrogens (tertiary/aromatic N) is 3. The number of nitrogens with one attached hydrogen (secondary N) is 1. The molecule has 33 heavy (non-hydrogen) atoms. The molecule has 0 radical (unpaired) electrons. The van der Waals surface area contributed by atoms with Crippen LogP contribution >= 0.6 is 11.3 Å². The number of imidazole rings is 1. The molecular weight excluding hydrogens is 448 g/mol. The van der Waals surface area contributed by atoms with E-state index in [1.54, 1.807) is 26.4 Å². The number of amides is 1. The van der Waals surface area contributed by atoms with Crippen molar-refractivity contribution in [3.05, 3.63) is 63.8 Å². The Labute approximate surface area is 192 Å². The SMILES string of the molecule is COc1ccc(OC)c(-c2cn3c(CC(=O)Nc4ccc(OC)c([N+](=O)[O-])c4)csc3n2)c1. The molecule has 170 valence electrons. The molecule has 0 aliphatic rings. The first kappa shape index (κ1) is 22.1. The molecule has 1 amide bonds. The molecule has 2 aromatic carbocycles. The van der Waals surface area contributed by atoms with Gasteiger partial charge in [0, 0.05) is 34.6 Å². The number of benzene rings is 2. The predicted octanol–water partition coefficient (Wildman–Crippen LogP) is 4.18. The van der Waals surface area contributed by atoms with Gasteiger partial charge in [0.15, 0.2) is 10.7 Å². The third kappa shape index (κ3) is 4.44. The summed E-state index contributed by atoms with van der Waals surface area (Å²) in [6.07, 6.45) is 1.90. The molecule has 0 fully saturated rings. The third-order valence-electron chi connectivity index (χ3n) is 4.97. The Hall–Kier alpha value is -4.12. The molecule has 0 bridgehead atoms. The summed E-state index contributed by atoms with van der Waals surface area (Å²) in [4.78, 5) is 28.7. The van der Waals surface area contributed by atoms with Crippen molar-refractivity contribution in [2.24, 2.45) is 0 Å². The second-order valence-corrected chi connectivity index (χ2v) is 7.78. The van der Waals surface area contributed by atoms with Crippen LogP contribution in [-0.2, 0) is 11.2 Å². The number of hydrogen-bond donors (Lipinski definition) is 1. The Balaban J connectivity index is 1.57. The molecule has 11 heteroatoms. The molecule has 4 aromatic rings. The minimum Gasteiger partial charge on any atom is -0.497 e. The highest BCUT2D eigenvalue weighted by molar-refractivity contribution is 7.15. The monoisotopic (exact) mass is 468 g/mol. The first-order valence-corrected chi connectivity index (χ1v) is 10.6. The van der Waals surface area contributed by atoms with E-state index < -0.39 is 4.92 Å². The number of nitro benzene ring substituents is 1. The van der Waals surface area contributed by atoms with Crippen LogP contribution in [0.3, 0.4) is 0 Å². The first-order valence-electron chi connectivity index (χ1n) is 9.73. The van der Waals surface area contributed by atoms with Crippen LogP contribution in [0.4, 0.5) is 11.4 Å². The molecule has 2 heterocycles. The summed E-state index contributed by atoms with van der Waals surface area (Å²) in [5, 5.41) is 15.8. The van der Waals surface area contributed by atoms with Gasteiger partial charge in [-0.25, -0.2) is 4.98 Å².